The molecule has 0 saturated heterocycles. The number of anilines is 1. The van der Waals surface area contributed by atoms with Crippen molar-refractivity contribution in [2.75, 3.05) is 4.72 Å². The first-order chi connectivity index (χ1) is 14.1. The third kappa shape index (κ3) is 2.98. The van der Waals surface area contributed by atoms with Gasteiger partial charge < -0.3 is 9.73 Å². The van der Waals surface area contributed by atoms with Gasteiger partial charge in [-0.15, -0.1) is 5.10 Å². The first-order valence-electron chi connectivity index (χ1n) is 9.62. The minimum Gasteiger partial charge on any atom is -0.466 e. The molecule has 0 unspecified atom stereocenters. The van der Waals surface area contributed by atoms with Crippen molar-refractivity contribution < 1.29 is 17.6 Å². The number of benzene rings is 1. The molecule has 9 nitrogen and oxygen atoms in total. The number of sulfonamides is 1. The van der Waals surface area contributed by atoms with E-state index >= 15 is 0 Å². The van der Waals surface area contributed by atoms with Gasteiger partial charge in [0.05, 0.1) is 11.7 Å². The van der Waals surface area contributed by atoms with Crippen molar-refractivity contribution in [3.8, 4) is 5.69 Å². The topological polar surface area (TPSA) is 119 Å². The molecule has 30 heavy (non-hydrogen) atoms. The summed E-state index contributed by atoms with van der Waals surface area (Å²) in [6.07, 6.45) is 1.55. The second kappa shape index (κ2) is 6.18. The summed E-state index contributed by atoms with van der Waals surface area (Å²) in [6, 6.07) is 8.15. The zero-order valence-electron chi connectivity index (χ0n) is 16.8. The van der Waals surface area contributed by atoms with Crippen LogP contribution in [0.25, 0.3) is 5.69 Å². The third-order valence-electron chi connectivity index (χ3n) is 5.46. The van der Waals surface area contributed by atoms with Gasteiger partial charge in [-0.25, -0.2) is 13.1 Å². The highest BCUT2D eigenvalue weighted by Crippen LogP contribution is 2.42. The molecule has 1 aliphatic carbocycles. The average Bonchev–Trinajstić information content (AvgIpc) is 3.23. The van der Waals surface area contributed by atoms with Crippen LogP contribution in [0.2, 0.25) is 0 Å². The summed E-state index contributed by atoms with van der Waals surface area (Å²) < 4.78 is 34.4. The number of carbonyl (C=O) groups is 1. The number of nitrogens with zero attached hydrogens (tertiary/aromatic N) is 3. The van der Waals surface area contributed by atoms with E-state index in [0.717, 1.165) is 29.9 Å². The summed E-state index contributed by atoms with van der Waals surface area (Å²) in [7, 11) is -3.77. The molecule has 156 valence electrons. The van der Waals surface area contributed by atoms with Gasteiger partial charge in [-0.1, -0.05) is 26.0 Å². The Kier molecular flexibility index (Phi) is 3.88. The van der Waals surface area contributed by atoms with Crippen molar-refractivity contribution >= 4 is 21.9 Å². The number of carbonyl (C=O) groups excluding carboxylic acids is 1. The van der Waals surface area contributed by atoms with E-state index < -0.39 is 15.9 Å². The lowest BCUT2D eigenvalue weighted by molar-refractivity contribution is 0.0907. The van der Waals surface area contributed by atoms with Gasteiger partial charge >= 0.3 is 0 Å². The standard InChI is InChI=1S/C20H21N5O4S/c1-11-8-12-13(9-20(2,3)10-15(12)29-11)21-18(26)17-22-19-24-30(27,28)16-7-5-4-6-14(16)25(19)23-17/h4-8,13H,9-10H2,1-3H3,(H,21,26)(H,22,23,24)/t13-/m0/s1. The summed E-state index contributed by atoms with van der Waals surface area (Å²) in [6.45, 7) is 6.15. The van der Waals surface area contributed by atoms with Crippen molar-refractivity contribution in [3.63, 3.8) is 0 Å². The number of rotatable bonds is 2. The van der Waals surface area contributed by atoms with E-state index in [4.69, 9.17) is 4.42 Å². The second-order valence-corrected chi connectivity index (χ2v) is 10.2. The first-order valence-corrected chi connectivity index (χ1v) is 11.1. The molecule has 1 aromatic carbocycles. The van der Waals surface area contributed by atoms with Crippen LogP contribution in [0.4, 0.5) is 5.95 Å². The lowest BCUT2D eigenvalue weighted by Gasteiger charge is -2.34. The molecule has 2 aliphatic rings. The fourth-order valence-corrected chi connectivity index (χ4v) is 5.38. The maximum absolute atomic E-state index is 13.0. The monoisotopic (exact) mass is 427 g/mol. The molecule has 1 atom stereocenters. The minimum absolute atomic E-state index is 0.0114. The molecule has 1 aliphatic heterocycles. The predicted octanol–water partition coefficient (Wildman–Crippen LogP) is 2.73. The number of aryl methyl sites for hydroxylation is 1. The van der Waals surface area contributed by atoms with Crippen LogP contribution < -0.4 is 10.0 Å². The number of amides is 1. The van der Waals surface area contributed by atoms with Gasteiger partial charge in [0.25, 0.3) is 15.9 Å². The van der Waals surface area contributed by atoms with E-state index in [1.165, 1.54) is 10.7 Å². The van der Waals surface area contributed by atoms with Crippen LogP contribution in [0.3, 0.4) is 0 Å². The Morgan fingerprint density at radius 3 is 2.90 bits per heavy atom. The maximum Gasteiger partial charge on any atom is 0.291 e. The molecule has 0 spiro atoms. The molecule has 2 aromatic heterocycles. The average molecular weight is 427 g/mol. The van der Waals surface area contributed by atoms with E-state index in [2.05, 4.69) is 34.0 Å². The molecule has 0 fully saturated rings. The van der Waals surface area contributed by atoms with Gasteiger partial charge in [-0.2, -0.15) is 9.67 Å². The molecule has 0 bridgehead atoms. The summed E-state index contributed by atoms with van der Waals surface area (Å²) in [4.78, 5) is 17.2. The minimum atomic E-state index is -3.77. The van der Waals surface area contributed by atoms with E-state index in [0.29, 0.717) is 5.69 Å². The Morgan fingerprint density at radius 1 is 1.33 bits per heavy atom. The molecule has 5 rings (SSSR count). The third-order valence-corrected chi connectivity index (χ3v) is 6.84. The molecule has 0 radical (unpaired) electrons. The van der Waals surface area contributed by atoms with Crippen LogP contribution in [0.1, 0.15) is 54.0 Å². The summed E-state index contributed by atoms with van der Waals surface area (Å²) in [5.41, 5.74) is 1.28. The van der Waals surface area contributed by atoms with Gasteiger partial charge in [0, 0.05) is 12.0 Å². The van der Waals surface area contributed by atoms with Gasteiger partial charge in [0.15, 0.2) is 0 Å². The number of fused-ring (bicyclic) bond motifs is 4. The highest BCUT2D eigenvalue weighted by molar-refractivity contribution is 7.92. The van der Waals surface area contributed by atoms with E-state index in [1.54, 1.807) is 18.2 Å². The molecule has 10 heteroatoms. The van der Waals surface area contributed by atoms with Crippen LogP contribution in [-0.2, 0) is 16.4 Å². The second-order valence-electron chi connectivity index (χ2n) is 8.55. The highest BCUT2D eigenvalue weighted by atomic mass is 32.2. The number of para-hydroxylation sites is 1. The van der Waals surface area contributed by atoms with Crippen molar-refractivity contribution in [1.29, 1.82) is 0 Å². The van der Waals surface area contributed by atoms with Crippen LogP contribution in [0.5, 0.6) is 0 Å². The fraction of sp³-hybridized carbons (Fsp3) is 0.350. The quantitative estimate of drug-likeness (QED) is 0.649. The maximum atomic E-state index is 13.0. The summed E-state index contributed by atoms with van der Waals surface area (Å²) in [5, 5.41) is 7.26. The molecule has 3 aromatic rings. The first kappa shape index (κ1) is 18.9. The van der Waals surface area contributed by atoms with Crippen molar-refractivity contribution in [3.05, 3.63) is 53.2 Å². The lowest BCUT2D eigenvalue weighted by Crippen LogP contribution is -2.36. The zero-order chi connectivity index (χ0) is 21.3. The summed E-state index contributed by atoms with van der Waals surface area (Å²) in [5.74, 6) is 1.10. The van der Waals surface area contributed by atoms with Crippen LogP contribution >= 0.6 is 0 Å². The number of nitrogens with one attached hydrogen (secondary N) is 2. The Morgan fingerprint density at radius 2 is 2.10 bits per heavy atom. The normalized spacial score (nSPS) is 20.4. The van der Waals surface area contributed by atoms with Gasteiger partial charge in [0.2, 0.25) is 11.8 Å². The Balaban J connectivity index is 1.48. The van der Waals surface area contributed by atoms with Crippen LogP contribution in [-0.4, -0.2) is 29.1 Å². The number of furan rings is 1. The van der Waals surface area contributed by atoms with Crippen molar-refractivity contribution in [2.45, 2.75) is 44.6 Å². The van der Waals surface area contributed by atoms with E-state index in [1.807, 2.05) is 13.0 Å². The Hall–Kier alpha value is -3.14. The van der Waals surface area contributed by atoms with Crippen molar-refractivity contribution in [2.24, 2.45) is 5.41 Å². The molecule has 2 N–H and O–H groups in total. The summed E-state index contributed by atoms with van der Waals surface area (Å²) >= 11 is 0. The number of aromatic nitrogens is 3. The molecular formula is C20H21N5O4S. The predicted molar refractivity (Wildman–Crippen MR) is 108 cm³/mol. The Bertz CT molecular complexity index is 1290. The Labute approximate surface area is 173 Å². The largest absolute Gasteiger partial charge is 0.466 e. The van der Waals surface area contributed by atoms with Crippen LogP contribution in [0.15, 0.2) is 39.6 Å². The lowest BCUT2D eigenvalue weighted by atomic mass is 9.74. The molecule has 0 saturated carbocycles. The number of hydrogen-bond acceptors (Lipinski definition) is 6. The fourth-order valence-electron chi connectivity index (χ4n) is 4.21. The van der Waals surface area contributed by atoms with E-state index in [-0.39, 0.29) is 28.1 Å². The zero-order valence-corrected chi connectivity index (χ0v) is 17.6. The molecule has 3 heterocycles. The molecule has 1 amide bonds. The molecular weight excluding hydrogens is 406 g/mol. The number of hydrogen-bond donors (Lipinski definition) is 2. The smallest absolute Gasteiger partial charge is 0.291 e. The SMILES string of the molecule is Cc1cc2c(o1)CC(C)(C)C[C@@H]2NC(=O)c1nc2n(n1)-c1ccccc1S(=O)(=O)N2. The van der Waals surface area contributed by atoms with Crippen molar-refractivity contribution in [1.82, 2.24) is 20.1 Å². The highest BCUT2D eigenvalue weighted by Gasteiger charge is 2.37. The van der Waals surface area contributed by atoms with Gasteiger partial charge in [-0.05, 0) is 37.0 Å². The van der Waals surface area contributed by atoms with E-state index in [9.17, 15) is 13.2 Å². The van der Waals surface area contributed by atoms with Gasteiger partial charge in [0.1, 0.15) is 16.4 Å². The van der Waals surface area contributed by atoms with Crippen LogP contribution in [0, 0.1) is 12.3 Å². The van der Waals surface area contributed by atoms with Gasteiger partial charge in [-0.3, -0.25) is 4.79 Å².